The first-order valence-corrected chi connectivity index (χ1v) is 4.99. The van der Waals surface area contributed by atoms with E-state index in [1.54, 1.807) is 0 Å². The fourth-order valence-corrected chi connectivity index (χ4v) is 1.31. The van der Waals surface area contributed by atoms with Gasteiger partial charge in [-0.1, -0.05) is 31.0 Å². The molecule has 0 amide bonds. The van der Waals surface area contributed by atoms with E-state index in [9.17, 15) is 0 Å². The zero-order valence-corrected chi connectivity index (χ0v) is 8.75. The first kappa shape index (κ1) is 10.6. The lowest BCUT2D eigenvalue weighted by molar-refractivity contribution is 0.748. The lowest BCUT2D eigenvalue weighted by atomic mass is 10.1. The Bertz CT molecular complexity index is 308. The molecule has 1 aromatic rings. The maximum atomic E-state index is 8.86. The van der Waals surface area contributed by atoms with Crippen molar-refractivity contribution in [2.75, 3.05) is 5.32 Å². The SMILES string of the molecule is CCCC(C#N)Nc1ccc(C)cc1. The molecular formula is C12H16N2. The third-order valence-corrected chi connectivity index (χ3v) is 2.13. The molecule has 1 atom stereocenters. The van der Waals surface area contributed by atoms with E-state index in [2.05, 4.69) is 25.2 Å². The predicted octanol–water partition coefficient (Wildman–Crippen LogP) is 3.10. The Morgan fingerprint density at radius 2 is 2.00 bits per heavy atom. The van der Waals surface area contributed by atoms with Crippen LogP contribution in [0.5, 0.6) is 0 Å². The Hall–Kier alpha value is -1.49. The summed E-state index contributed by atoms with van der Waals surface area (Å²) in [5, 5.41) is 12.1. The fraction of sp³-hybridized carbons (Fsp3) is 0.417. The van der Waals surface area contributed by atoms with Crippen molar-refractivity contribution in [3.8, 4) is 6.07 Å². The van der Waals surface area contributed by atoms with Crippen LogP contribution in [0, 0.1) is 18.3 Å². The number of anilines is 1. The molecule has 2 heteroatoms. The van der Waals surface area contributed by atoms with E-state index in [-0.39, 0.29) is 6.04 Å². The Morgan fingerprint density at radius 3 is 2.50 bits per heavy atom. The molecule has 74 valence electrons. The van der Waals surface area contributed by atoms with E-state index < -0.39 is 0 Å². The summed E-state index contributed by atoms with van der Waals surface area (Å²) >= 11 is 0. The number of rotatable bonds is 4. The van der Waals surface area contributed by atoms with Gasteiger partial charge >= 0.3 is 0 Å². The predicted molar refractivity (Wildman–Crippen MR) is 59.1 cm³/mol. The van der Waals surface area contributed by atoms with Gasteiger partial charge < -0.3 is 5.32 Å². The van der Waals surface area contributed by atoms with Crippen LogP contribution in [0.25, 0.3) is 0 Å². The molecule has 0 radical (unpaired) electrons. The molecule has 0 aliphatic heterocycles. The van der Waals surface area contributed by atoms with Gasteiger partial charge in [0.1, 0.15) is 6.04 Å². The zero-order valence-electron chi connectivity index (χ0n) is 8.75. The van der Waals surface area contributed by atoms with Crippen LogP contribution in [0.15, 0.2) is 24.3 Å². The Kier molecular flexibility index (Phi) is 4.00. The van der Waals surface area contributed by atoms with E-state index in [0.29, 0.717) is 0 Å². The normalized spacial score (nSPS) is 11.8. The molecule has 1 aromatic carbocycles. The van der Waals surface area contributed by atoms with E-state index in [4.69, 9.17) is 5.26 Å². The second-order valence-electron chi connectivity index (χ2n) is 3.48. The highest BCUT2D eigenvalue weighted by molar-refractivity contribution is 5.46. The molecule has 1 rings (SSSR count). The minimum atomic E-state index is -0.0669. The van der Waals surface area contributed by atoms with Crippen molar-refractivity contribution in [2.24, 2.45) is 0 Å². The summed E-state index contributed by atoms with van der Waals surface area (Å²) in [6, 6.07) is 10.3. The van der Waals surface area contributed by atoms with E-state index in [1.807, 2.05) is 24.3 Å². The maximum Gasteiger partial charge on any atom is 0.114 e. The second-order valence-corrected chi connectivity index (χ2v) is 3.48. The number of benzene rings is 1. The minimum Gasteiger partial charge on any atom is -0.370 e. The number of hydrogen-bond donors (Lipinski definition) is 1. The van der Waals surface area contributed by atoms with E-state index in [0.717, 1.165) is 18.5 Å². The number of aryl methyl sites for hydroxylation is 1. The van der Waals surface area contributed by atoms with Gasteiger partial charge in [0.2, 0.25) is 0 Å². The van der Waals surface area contributed by atoms with Gasteiger partial charge in [-0.25, -0.2) is 0 Å². The number of hydrogen-bond acceptors (Lipinski definition) is 2. The van der Waals surface area contributed by atoms with Crippen LogP contribution in [0.3, 0.4) is 0 Å². The van der Waals surface area contributed by atoms with Gasteiger partial charge in [-0.15, -0.1) is 0 Å². The van der Waals surface area contributed by atoms with Crippen molar-refractivity contribution < 1.29 is 0 Å². The summed E-state index contributed by atoms with van der Waals surface area (Å²) in [6.07, 6.45) is 1.92. The summed E-state index contributed by atoms with van der Waals surface area (Å²) in [4.78, 5) is 0. The summed E-state index contributed by atoms with van der Waals surface area (Å²) < 4.78 is 0. The Labute approximate surface area is 85.6 Å². The molecule has 0 saturated heterocycles. The average Bonchev–Trinajstić information content (AvgIpc) is 2.20. The van der Waals surface area contributed by atoms with Crippen molar-refractivity contribution in [3.63, 3.8) is 0 Å². The molecule has 1 N–H and O–H groups in total. The van der Waals surface area contributed by atoms with Crippen molar-refractivity contribution in [2.45, 2.75) is 32.7 Å². The highest BCUT2D eigenvalue weighted by Gasteiger charge is 2.04. The summed E-state index contributed by atoms with van der Waals surface area (Å²) in [5.41, 5.74) is 2.26. The lowest BCUT2D eigenvalue weighted by Crippen LogP contribution is -2.16. The molecule has 0 aromatic heterocycles. The molecule has 1 unspecified atom stereocenters. The number of nitrogens with one attached hydrogen (secondary N) is 1. The van der Waals surface area contributed by atoms with Crippen LogP contribution in [0.1, 0.15) is 25.3 Å². The first-order chi connectivity index (χ1) is 6.76. The smallest absolute Gasteiger partial charge is 0.114 e. The fourth-order valence-electron chi connectivity index (χ4n) is 1.31. The molecule has 0 saturated carbocycles. The quantitative estimate of drug-likeness (QED) is 0.788. The van der Waals surface area contributed by atoms with Gasteiger partial charge in [-0.05, 0) is 25.5 Å². The summed E-state index contributed by atoms with van der Waals surface area (Å²) in [7, 11) is 0. The minimum absolute atomic E-state index is 0.0669. The van der Waals surface area contributed by atoms with Crippen LogP contribution in [0.2, 0.25) is 0 Å². The van der Waals surface area contributed by atoms with E-state index >= 15 is 0 Å². The Morgan fingerprint density at radius 1 is 1.36 bits per heavy atom. The van der Waals surface area contributed by atoms with Crippen LogP contribution in [0.4, 0.5) is 5.69 Å². The van der Waals surface area contributed by atoms with Crippen LogP contribution in [-0.2, 0) is 0 Å². The average molecular weight is 188 g/mol. The molecule has 2 nitrogen and oxygen atoms in total. The largest absolute Gasteiger partial charge is 0.370 e. The standard InChI is InChI=1S/C12H16N2/c1-3-4-12(9-13)14-11-7-5-10(2)6-8-11/h5-8,12,14H,3-4H2,1-2H3. The lowest BCUT2D eigenvalue weighted by Gasteiger charge is -2.11. The summed E-state index contributed by atoms with van der Waals surface area (Å²) in [6.45, 7) is 4.14. The summed E-state index contributed by atoms with van der Waals surface area (Å²) in [5.74, 6) is 0. The maximum absolute atomic E-state index is 8.86. The van der Waals surface area contributed by atoms with E-state index in [1.165, 1.54) is 5.56 Å². The van der Waals surface area contributed by atoms with Gasteiger partial charge in [0.25, 0.3) is 0 Å². The molecule has 0 bridgehead atoms. The van der Waals surface area contributed by atoms with Crippen molar-refractivity contribution in [1.82, 2.24) is 0 Å². The first-order valence-electron chi connectivity index (χ1n) is 4.99. The molecule has 0 heterocycles. The molecule has 14 heavy (non-hydrogen) atoms. The van der Waals surface area contributed by atoms with Gasteiger partial charge in [0, 0.05) is 5.69 Å². The van der Waals surface area contributed by atoms with Crippen molar-refractivity contribution in [1.29, 1.82) is 5.26 Å². The monoisotopic (exact) mass is 188 g/mol. The van der Waals surface area contributed by atoms with Gasteiger partial charge in [0.15, 0.2) is 0 Å². The molecular weight excluding hydrogens is 172 g/mol. The van der Waals surface area contributed by atoms with Crippen molar-refractivity contribution in [3.05, 3.63) is 29.8 Å². The van der Waals surface area contributed by atoms with Crippen LogP contribution >= 0.6 is 0 Å². The van der Waals surface area contributed by atoms with Crippen LogP contribution in [-0.4, -0.2) is 6.04 Å². The molecule has 0 fully saturated rings. The number of nitriles is 1. The van der Waals surface area contributed by atoms with Crippen LogP contribution < -0.4 is 5.32 Å². The molecule has 0 spiro atoms. The van der Waals surface area contributed by atoms with Gasteiger partial charge in [0.05, 0.1) is 6.07 Å². The Balaban J connectivity index is 2.59. The van der Waals surface area contributed by atoms with Gasteiger partial charge in [-0.3, -0.25) is 0 Å². The third-order valence-electron chi connectivity index (χ3n) is 2.13. The highest BCUT2D eigenvalue weighted by atomic mass is 14.9. The topological polar surface area (TPSA) is 35.8 Å². The molecule has 0 aliphatic carbocycles. The molecule has 0 aliphatic rings. The second kappa shape index (κ2) is 5.29. The van der Waals surface area contributed by atoms with Gasteiger partial charge in [-0.2, -0.15) is 5.26 Å². The highest BCUT2D eigenvalue weighted by Crippen LogP contribution is 2.11. The number of nitrogens with zero attached hydrogens (tertiary/aromatic N) is 1. The third kappa shape index (κ3) is 3.10. The zero-order chi connectivity index (χ0) is 10.4. The van der Waals surface area contributed by atoms with Crippen molar-refractivity contribution >= 4 is 5.69 Å².